The molecule has 0 saturated carbocycles. The average Bonchev–Trinajstić information content (AvgIpc) is 3.52. The molecule has 0 unspecified atom stereocenters. The molecule has 5 N–H and O–H groups in total. The fourth-order valence-electron chi connectivity index (χ4n) is 5.35. The maximum atomic E-state index is 10.3. The molecular weight excluding hydrogens is 488 g/mol. The lowest BCUT2D eigenvalue weighted by Crippen LogP contribution is -2.60. The van der Waals surface area contributed by atoms with Crippen molar-refractivity contribution in [3.05, 3.63) is 47.5 Å². The minimum atomic E-state index is -1.55. The van der Waals surface area contributed by atoms with Crippen molar-refractivity contribution >= 4 is 0 Å². The van der Waals surface area contributed by atoms with E-state index >= 15 is 0 Å². The standard InChI is InChI=1S/C26H32O11/c1-32-18-7-12(3-5-16(18)28)24-14-10-35-25(15(14)11-34-24)13-4-6-17(19(8-13)33-2)36-26-23(31)22(30)21(29)20(9-27)37-26/h3-8,14-15,20-31H,9-11H2,1-2H3/t14-,15+,20-,21-,22+,23-,24+,25-,26-/m1/s1. The highest BCUT2D eigenvalue weighted by Gasteiger charge is 2.49. The Morgan fingerprint density at radius 3 is 1.97 bits per heavy atom. The lowest BCUT2D eigenvalue weighted by Gasteiger charge is -2.39. The van der Waals surface area contributed by atoms with Gasteiger partial charge in [-0.05, 0) is 35.4 Å². The second kappa shape index (κ2) is 10.6. The molecule has 11 nitrogen and oxygen atoms in total. The van der Waals surface area contributed by atoms with E-state index in [1.54, 1.807) is 24.3 Å². The number of ether oxygens (including phenoxy) is 6. The molecule has 0 bridgehead atoms. The van der Waals surface area contributed by atoms with E-state index in [1.807, 2.05) is 12.1 Å². The number of phenols is 1. The summed E-state index contributed by atoms with van der Waals surface area (Å²) in [5.74, 6) is 1.27. The molecule has 37 heavy (non-hydrogen) atoms. The Morgan fingerprint density at radius 1 is 0.784 bits per heavy atom. The molecular formula is C26H32O11. The van der Waals surface area contributed by atoms with E-state index in [2.05, 4.69) is 0 Å². The number of fused-ring (bicyclic) bond motifs is 1. The van der Waals surface area contributed by atoms with E-state index < -0.39 is 37.3 Å². The van der Waals surface area contributed by atoms with Gasteiger partial charge in [-0.3, -0.25) is 0 Å². The van der Waals surface area contributed by atoms with Crippen molar-refractivity contribution in [1.82, 2.24) is 0 Å². The van der Waals surface area contributed by atoms with Crippen molar-refractivity contribution in [2.75, 3.05) is 34.0 Å². The summed E-state index contributed by atoms with van der Waals surface area (Å²) in [6.45, 7) is 0.436. The molecule has 0 aromatic heterocycles. The van der Waals surface area contributed by atoms with Crippen LogP contribution in [0.25, 0.3) is 0 Å². The average molecular weight is 521 g/mol. The molecule has 0 amide bonds. The van der Waals surface area contributed by atoms with E-state index in [9.17, 15) is 25.5 Å². The second-order valence-corrected chi connectivity index (χ2v) is 9.49. The van der Waals surface area contributed by atoms with Gasteiger partial charge in [-0.1, -0.05) is 12.1 Å². The number of hydrogen-bond donors (Lipinski definition) is 5. The van der Waals surface area contributed by atoms with Crippen LogP contribution < -0.4 is 14.2 Å². The molecule has 9 atom stereocenters. The largest absolute Gasteiger partial charge is 0.504 e. The number of aliphatic hydroxyl groups excluding tert-OH is 4. The van der Waals surface area contributed by atoms with Crippen molar-refractivity contribution in [1.29, 1.82) is 0 Å². The molecule has 11 heteroatoms. The molecule has 2 aromatic carbocycles. The number of aromatic hydroxyl groups is 1. The third kappa shape index (κ3) is 4.72. The van der Waals surface area contributed by atoms with Crippen LogP contribution in [0.5, 0.6) is 23.0 Å². The minimum absolute atomic E-state index is 0.0689. The van der Waals surface area contributed by atoms with E-state index in [-0.39, 0.29) is 35.5 Å². The van der Waals surface area contributed by atoms with E-state index in [0.29, 0.717) is 24.7 Å². The number of hydrogen-bond acceptors (Lipinski definition) is 11. The first-order valence-electron chi connectivity index (χ1n) is 12.1. The normalized spacial score (nSPS) is 35.2. The number of rotatable bonds is 7. The van der Waals surface area contributed by atoms with Crippen LogP contribution in [0, 0.1) is 11.8 Å². The Balaban J connectivity index is 1.32. The van der Waals surface area contributed by atoms with Crippen molar-refractivity contribution < 1.29 is 54.0 Å². The summed E-state index contributed by atoms with van der Waals surface area (Å²) >= 11 is 0. The van der Waals surface area contributed by atoms with Crippen LogP contribution in [0.15, 0.2) is 36.4 Å². The SMILES string of the molecule is COc1cc([C@@H]2OC[C@H]3[C@H]2CO[C@@H]3c2ccc(O[C@@H]3O[C@H](CO)[C@@H](O)[C@H](O)[C@H]3O)c(OC)c2)ccc1O. The molecule has 3 heterocycles. The summed E-state index contributed by atoms with van der Waals surface area (Å²) in [6.07, 6.45) is -7.41. The highest BCUT2D eigenvalue weighted by atomic mass is 16.7. The zero-order valence-corrected chi connectivity index (χ0v) is 20.5. The van der Waals surface area contributed by atoms with Gasteiger partial charge in [-0.2, -0.15) is 0 Å². The third-order valence-corrected chi connectivity index (χ3v) is 7.40. The van der Waals surface area contributed by atoms with Crippen LogP contribution in [0.2, 0.25) is 0 Å². The minimum Gasteiger partial charge on any atom is -0.504 e. The molecule has 3 aliphatic rings. The Kier molecular flexibility index (Phi) is 7.46. The lowest BCUT2D eigenvalue weighted by molar-refractivity contribution is -0.277. The molecule has 0 radical (unpaired) electrons. The number of methoxy groups -OCH3 is 2. The molecule has 3 fully saturated rings. The van der Waals surface area contributed by atoms with Crippen LogP contribution in [-0.4, -0.2) is 90.3 Å². The number of aliphatic hydroxyl groups is 4. The summed E-state index contributed by atoms with van der Waals surface area (Å²) in [4.78, 5) is 0. The predicted molar refractivity (Wildman–Crippen MR) is 126 cm³/mol. The van der Waals surface area contributed by atoms with Gasteiger partial charge >= 0.3 is 0 Å². The summed E-state index contributed by atoms with van der Waals surface area (Å²) in [7, 11) is 2.98. The van der Waals surface area contributed by atoms with Crippen LogP contribution in [0.3, 0.4) is 0 Å². The molecule has 3 aliphatic heterocycles. The maximum absolute atomic E-state index is 10.3. The van der Waals surface area contributed by atoms with E-state index in [0.717, 1.165) is 11.1 Å². The Labute approximate surface area is 213 Å². The fraction of sp³-hybridized carbons (Fsp3) is 0.538. The first-order valence-corrected chi connectivity index (χ1v) is 12.1. The Bertz CT molecular complexity index is 1090. The summed E-state index contributed by atoms with van der Waals surface area (Å²) in [5, 5.41) is 49.7. The number of benzene rings is 2. The second-order valence-electron chi connectivity index (χ2n) is 9.49. The predicted octanol–water partition coefficient (Wildman–Crippen LogP) is 0.663. The monoisotopic (exact) mass is 520 g/mol. The quantitative estimate of drug-likeness (QED) is 0.349. The summed E-state index contributed by atoms with van der Waals surface area (Å²) in [5.41, 5.74) is 1.77. The van der Waals surface area contributed by atoms with Crippen LogP contribution in [0.1, 0.15) is 23.3 Å². The van der Waals surface area contributed by atoms with Gasteiger partial charge in [-0.15, -0.1) is 0 Å². The van der Waals surface area contributed by atoms with Gasteiger partial charge in [0.2, 0.25) is 6.29 Å². The van der Waals surface area contributed by atoms with E-state index in [4.69, 9.17) is 28.4 Å². The first kappa shape index (κ1) is 26.0. The highest BCUT2D eigenvalue weighted by Crippen LogP contribution is 2.51. The van der Waals surface area contributed by atoms with Gasteiger partial charge in [-0.25, -0.2) is 0 Å². The zero-order chi connectivity index (χ0) is 26.3. The van der Waals surface area contributed by atoms with E-state index in [1.165, 1.54) is 14.2 Å². The molecule has 0 aliphatic carbocycles. The molecule has 2 aromatic rings. The smallest absolute Gasteiger partial charge is 0.229 e. The molecule has 0 spiro atoms. The maximum Gasteiger partial charge on any atom is 0.229 e. The number of phenolic OH excluding ortho intramolecular Hbond substituents is 1. The van der Waals surface area contributed by atoms with Gasteiger partial charge in [0.25, 0.3) is 0 Å². The van der Waals surface area contributed by atoms with Crippen molar-refractivity contribution in [2.45, 2.75) is 42.9 Å². The lowest BCUT2D eigenvalue weighted by atomic mass is 9.85. The topological polar surface area (TPSA) is 157 Å². The third-order valence-electron chi connectivity index (χ3n) is 7.40. The Hall–Kier alpha value is -2.64. The fourth-order valence-corrected chi connectivity index (χ4v) is 5.35. The zero-order valence-electron chi connectivity index (χ0n) is 20.5. The van der Waals surface area contributed by atoms with Gasteiger partial charge in [0.1, 0.15) is 24.4 Å². The summed E-state index contributed by atoms with van der Waals surface area (Å²) < 4.78 is 34.3. The highest BCUT2D eigenvalue weighted by molar-refractivity contribution is 5.45. The first-order chi connectivity index (χ1) is 17.9. The summed E-state index contributed by atoms with van der Waals surface area (Å²) in [6, 6.07) is 10.5. The van der Waals surface area contributed by atoms with Crippen LogP contribution in [-0.2, 0) is 14.2 Å². The van der Waals surface area contributed by atoms with Gasteiger partial charge in [0.15, 0.2) is 23.0 Å². The molecule has 5 rings (SSSR count). The Morgan fingerprint density at radius 2 is 1.38 bits per heavy atom. The van der Waals surface area contributed by atoms with Crippen molar-refractivity contribution in [3.8, 4) is 23.0 Å². The van der Waals surface area contributed by atoms with Crippen LogP contribution >= 0.6 is 0 Å². The van der Waals surface area contributed by atoms with Gasteiger partial charge in [0, 0.05) is 11.8 Å². The van der Waals surface area contributed by atoms with Gasteiger partial charge in [0.05, 0.1) is 46.2 Å². The van der Waals surface area contributed by atoms with Gasteiger partial charge < -0.3 is 54.0 Å². The van der Waals surface area contributed by atoms with Crippen LogP contribution in [0.4, 0.5) is 0 Å². The molecule has 202 valence electrons. The molecule has 3 saturated heterocycles. The van der Waals surface area contributed by atoms with Crippen molar-refractivity contribution in [2.24, 2.45) is 11.8 Å². The van der Waals surface area contributed by atoms with Crippen molar-refractivity contribution in [3.63, 3.8) is 0 Å².